The Labute approximate surface area is 210 Å². The normalized spacial score (nSPS) is 14.4. The predicted molar refractivity (Wildman–Crippen MR) is 144 cm³/mol. The van der Waals surface area contributed by atoms with E-state index in [-0.39, 0.29) is 10.8 Å². The Kier molecular flexibility index (Phi) is 9.19. The molecule has 1 heterocycles. The molecule has 2 N–H and O–H groups in total. The third-order valence-electron chi connectivity index (χ3n) is 6.05. The Bertz CT molecular complexity index is 1080. The molecule has 35 heavy (non-hydrogen) atoms. The molecule has 7 nitrogen and oxygen atoms in total. The van der Waals surface area contributed by atoms with Crippen molar-refractivity contribution >= 4 is 27.3 Å². The first-order valence-corrected chi connectivity index (χ1v) is 14.1. The summed E-state index contributed by atoms with van der Waals surface area (Å²) in [4.78, 5) is 17.7. The number of sulfonamides is 1. The Hall–Kier alpha value is -2.58. The molecule has 0 aliphatic carbocycles. The molecular formula is C27H40N4O3S. The van der Waals surface area contributed by atoms with Gasteiger partial charge in [-0.15, -0.1) is 0 Å². The molecule has 0 aromatic heterocycles. The van der Waals surface area contributed by atoms with E-state index in [0.717, 1.165) is 43.9 Å². The van der Waals surface area contributed by atoms with Crippen molar-refractivity contribution in [2.45, 2.75) is 45.9 Å². The largest absolute Gasteiger partial charge is 0.367 e. The third-order valence-corrected chi connectivity index (χ3v) is 7.43. The zero-order valence-corrected chi connectivity index (χ0v) is 22.5. The number of anilines is 2. The lowest BCUT2D eigenvalue weighted by Gasteiger charge is -2.32. The molecule has 1 aliphatic heterocycles. The van der Waals surface area contributed by atoms with Crippen LogP contribution in [0.4, 0.5) is 11.4 Å². The molecule has 1 fully saturated rings. The molecule has 2 aromatic rings. The summed E-state index contributed by atoms with van der Waals surface area (Å²) in [6, 6.07) is 12.3. The third kappa shape index (κ3) is 7.21. The summed E-state index contributed by atoms with van der Waals surface area (Å²) >= 11 is 0. The number of rotatable bonds is 10. The molecule has 1 amide bonds. The highest BCUT2D eigenvalue weighted by Gasteiger charge is 2.24. The minimum Gasteiger partial charge on any atom is -0.367 e. The van der Waals surface area contributed by atoms with Crippen LogP contribution in [-0.2, 0) is 16.4 Å². The molecular weight excluding hydrogens is 460 g/mol. The summed E-state index contributed by atoms with van der Waals surface area (Å²) < 4.78 is 29.4. The summed E-state index contributed by atoms with van der Waals surface area (Å²) in [6.07, 6.45) is 0.842. The Morgan fingerprint density at radius 3 is 2.14 bits per heavy atom. The highest BCUT2D eigenvalue weighted by atomic mass is 32.2. The monoisotopic (exact) mass is 500 g/mol. The minimum absolute atomic E-state index is 0.0768. The van der Waals surface area contributed by atoms with E-state index in [1.807, 2.05) is 36.1 Å². The number of amides is 1. The van der Waals surface area contributed by atoms with Crippen LogP contribution in [0.5, 0.6) is 0 Å². The SMILES string of the molecule is CCc1ccc(S(=O)(=O)Nc2cc(C(=O)N(CC(C)C)CC(C)C)ccc2N2CCNCC2)cc1. The number of nitrogens with one attached hydrogen (secondary N) is 2. The first-order chi connectivity index (χ1) is 16.6. The van der Waals surface area contributed by atoms with Gasteiger partial charge in [0.25, 0.3) is 15.9 Å². The predicted octanol–water partition coefficient (Wildman–Crippen LogP) is 4.21. The van der Waals surface area contributed by atoms with E-state index < -0.39 is 10.0 Å². The average molecular weight is 501 g/mol. The lowest BCUT2D eigenvalue weighted by atomic mass is 10.1. The zero-order valence-electron chi connectivity index (χ0n) is 21.7. The minimum atomic E-state index is -3.82. The number of carbonyl (C=O) groups is 1. The van der Waals surface area contributed by atoms with Crippen molar-refractivity contribution in [3.63, 3.8) is 0 Å². The van der Waals surface area contributed by atoms with E-state index in [1.54, 1.807) is 18.2 Å². The fourth-order valence-corrected chi connectivity index (χ4v) is 5.41. The van der Waals surface area contributed by atoms with E-state index >= 15 is 0 Å². The quantitative estimate of drug-likeness (QED) is 0.511. The van der Waals surface area contributed by atoms with Crippen LogP contribution in [0.3, 0.4) is 0 Å². The lowest BCUT2D eigenvalue weighted by molar-refractivity contribution is 0.0715. The van der Waals surface area contributed by atoms with Gasteiger partial charge >= 0.3 is 0 Å². The van der Waals surface area contributed by atoms with Crippen molar-refractivity contribution in [2.75, 3.05) is 48.9 Å². The summed E-state index contributed by atoms with van der Waals surface area (Å²) in [5, 5.41) is 3.33. The molecule has 1 aliphatic rings. The van der Waals surface area contributed by atoms with Gasteiger partial charge in [-0.3, -0.25) is 9.52 Å². The first kappa shape index (κ1) is 27.0. The van der Waals surface area contributed by atoms with E-state index in [9.17, 15) is 13.2 Å². The van der Waals surface area contributed by atoms with Crippen LogP contribution in [0.2, 0.25) is 0 Å². The first-order valence-electron chi connectivity index (χ1n) is 12.6. The smallest absolute Gasteiger partial charge is 0.261 e. The number of piperazine rings is 1. The number of aryl methyl sites for hydroxylation is 1. The molecule has 3 rings (SSSR count). The maximum atomic E-state index is 13.5. The number of carbonyl (C=O) groups excluding carboxylic acids is 1. The van der Waals surface area contributed by atoms with Gasteiger partial charge in [-0.05, 0) is 54.2 Å². The fraction of sp³-hybridized carbons (Fsp3) is 0.519. The summed E-state index contributed by atoms with van der Waals surface area (Å²) in [5.74, 6) is 0.593. The number of benzene rings is 2. The maximum absolute atomic E-state index is 13.5. The molecule has 0 saturated carbocycles. The molecule has 0 atom stereocenters. The van der Waals surface area contributed by atoms with Crippen LogP contribution in [0.15, 0.2) is 47.4 Å². The molecule has 0 bridgehead atoms. The Balaban J connectivity index is 1.99. The second-order valence-corrected chi connectivity index (χ2v) is 11.8. The van der Waals surface area contributed by atoms with Gasteiger partial charge in [0.1, 0.15) is 0 Å². The molecule has 0 spiro atoms. The Morgan fingerprint density at radius 2 is 1.60 bits per heavy atom. The van der Waals surface area contributed by atoms with E-state index in [0.29, 0.717) is 36.2 Å². The standard InChI is InChI=1S/C27H40N4O3S/c1-6-22-7-10-24(11-8-22)35(33,34)29-25-17-23(9-12-26(25)30-15-13-28-14-16-30)27(32)31(18-20(2)3)19-21(4)5/h7-12,17,20-21,28-29H,6,13-16,18-19H2,1-5H3. The second kappa shape index (κ2) is 11.9. The van der Waals surface area contributed by atoms with Crippen molar-refractivity contribution < 1.29 is 13.2 Å². The van der Waals surface area contributed by atoms with Gasteiger partial charge in [0, 0.05) is 44.8 Å². The summed E-state index contributed by atoms with van der Waals surface area (Å²) in [7, 11) is -3.82. The van der Waals surface area contributed by atoms with Crippen molar-refractivity contribution in [3.8, 4) is 0 Å². The summed E-state index contributed by atoms with van der Waals surface area (Å²) in [5.41, 5.74) is 2.79. The van der Waals surface area contributed by atoms with Gasteiger partial charge < -0.3 is 15.1 Å². The zero-order chi connectivity index (χ0) is 25.6. The number of hydrogen-bond donors (Lipinski definition) is 2. The second-order valence-electron chi connectivity index (χ2n) is 10.1. The van der Waals surface area contributed by atoms with Crippen molar-refractivity contribution in [3.05, 3.63) is 53.6 Å². The fourth-order valence-electron chi connectivity index (χ4n) is 4.34. The number of nitrogens with zero attached hydrogens (tertiary/aromatic N) is 2. The average Bonchev–Trinajstić information content (AvgIpc) is 2.83. The molecule has 8 heteroatoms. The van der Waals surface area contributed by atoms with Gasteiger partial charge in [0.05, 0.1) is 16.3 Å². The van der Waals surface area contributed by atoms with Gasteiger partial charge in [0.15, 0.2) is 0 Å². The van der Waals surface area contributed by atoms with Crippen molar-refractivity contribution in [2.24, 2.45) is 11.8 Å². The van der Waals surface area contributed by atoms with Gasteiger partial charge in [-0.25, -0.2) is 8.42 Å². The van der Waals surface area contributed by atoms with Crippen LogP contribution in [0.25, 0.3) is 0 Å². The highest BCUT2D eigenvalue weighted by molar-refractivity contribution is 7.92. The molecule has 0 radical (unpaired) electrons. The van der Waals surface area contributed by atoms with Crippen LogP contribution >= 0.6 is 0 Å². The number of hydrogen-bond acceptors (Lipinski definition) is 5. The maximum Gasteiger partial charge on any atom is 0.261 e. The van der Waals surface area contributed by atoms with Crippen LogP contribution < -0.4 is 14.9 Å². The van der Waals surface area contributed by atoms with Gasteiger partial charge in [0.2, 0.25) is 0 Å². The lowest BCUT2D eigenvalue weighted by Crippen LogP contribution is -2.44. The molecule has 192 valence electrons. The van der Waals surface area contributed by atoms with E-state index in [4.69, 9.17) is 0 Å². The van der Waals surface area contributed by atoms with Gasteiger partial charge in [-0.2, -0.15) is 0 Å². The molecule has 2 aromatic carbocycles. The van der Waals surface area contributed by atoms with E-state index in [2.05, 4.69) is 42.6 Å². The highest BCUT2D eigenvalue weighted by Crippen LogP contribution is 2.31. The van der Waals surface area contributed by atoms with Crippen LogP contribution in [0.1, 0.15) is 50.5 Å². The molecule has 1 saturated heterocycles. The van der Waals surface area contributed by atoms with Crippen LogP contribution in [-0.4, -0.2) is 58.5 Å². The topological polar surface area (TPSA) is 81.8 Å². The van der Waals surface area contributed by atoms with Crippen molar-refractivity contribution in [1.29, 1.82) is 0 Å². The summed E-state index contributed by atoms with van der Waals surface area (Å²) in [6.45, 7) is 14.9. The van der Waals surface area contributed by atoms with Crippen LogP contribution in [0, 0.1) is 11.8 Å². The molecule has 0 unspecified atom stereocenters. The van der Waals surface area contributed by atoms with Crippen molar-refractivity contribution in [1.82, 2.24) is 10.2 Å². The van der Waals surface area contributed by atoms with Gasteiger partial charge in [-0.1, -0.05) is 46.8 Å². The Morgan fingerprint density at radius 1 is 1.00 bits per heavy atom. The van der Waals surface area contributed by atoms with E-state index in [1.165, 1.54) is 0 Å².